The standard InChI is InChI=1S/C27H28N2O5/c1-2-32-21-8-9-28-26(17-21)29-10-5-11-33-25-16-22(34-29)13-19-12-18-6-3-4-7-23(18)20(14-24(19)25)15-27(30)31/h3-4,6-9,13-14,16-17,19,24H,2,5,10-12,15H2,1H3,(H,30,31). The predicted molar refractivity (Wildman–Crippen MR) is 128 cm³/mol. The van der Waals surface area contributed by atoms with Crippen LogP contribution in [0.2, 0.25) is 0 Å². The lowest BCUT2D eigenvalue weighted by Gasteiger charge is -2.29. The van der Waals surface area contributed by atoms with Gasteiger partial charge in [-0.3, -0.25) is 4.79 Å². The highest BCUT2D eigenvalue weighted by molar-refractivity contribution is 5.85. The van der Waals surface area contributed by atoms with Crippen molar-refractivity contribution in [3.05, 3.63) is 83.5 Å². The maximum absolute atomic E-state index is 11.6. The van der Waals surface area contributed by atoms with Crippen LogP contribution in [-0.2, 0) is 20.8 Å². The van der Waals surface area contributed by atoms with Crippen molar-refractivity contribution >= 4 is 17.4 Å². The van der Waals surface area contributed by atoms with E-state index in [1.807, 2.05) is 43.3 Å². The van der Waals surface area contributed by atoms with Crippen molar-refractivity contribution in [2.24, 2.45) is 11.8 Å². The summed E-state index contributed by atoms with van der Waals surface area (Å²) in [6, 6.07) is 11.8. The zero-order valence-electron chi connectivity index (χ0n) is 19.1. The van der Waals surface area contributed by atoms with E-state index in [2.05, 4.69) is 23.2 Å². The Hall–Kier alpha value is -3.74. The highest BCUT2D eigenvalue weighted by atomic mass is 16.7. The zero-order chi connectivity index (χ0) is 23.5. The van der Waals surface area contributed by atoms with Gasteiger partial charge in [0.15, 0.2) is 11.6 Å². The maximum Gasteiger partial charge on any atom is 0.307 e. The van der Waals surface area contributed by atoms with E-state index in [9.17, 15) is 9.90 Å². The Balaban J connectivity index is 1.49. The summed E-state index contributed by atoms with van der Waals surface area (Å²) in [7, 11) is 0. The van der Waals surface area contributed by atoms with Gasteiger partial charge in [0, 0.05) is 30.7 Å². The molecule has 0 fully saturated rings. The average Bonchev–Trinajstić information content (AvgIpc) is 2.91. The first-order valence-electron chi connectivity index (χ1n) is 11.7. The van der Waals surface area contributed by atoms with Gasteiger partial charge in [-0.1, -0.05) is 30.3 Å². The molecule has 0 saturated carbocycles. The van der Waals surface area contributed by atoms with Gasteiger partial charge in [-0.15, -0.1) is 0 Å². The second kappa shape index (κ2) is 9.63. The SMILES string of the molecule is CCOc1ccnc(N2CCCOC3=CC(=CC4Cc5ccccc5C(CC(=O)O)=CC34)O2)c1. The minimum atomic E-state index is -0.836. The number of hydrogen-bond donors (Lipinski definition) is 1. The molecule has 1 N–H and O–H groups in total. The Kier molecular flexibility index (Phi) is 6.25. The van der Waals surface area contributed by atoms with E-state index in [0.29, 0.717) is 31.3 Å². The number of carboxylic acid groups (broad SMARTS) is 1. The van der Waals surface area contributed by atoms with Crippen LogP contribution in [-0.4, -0.2) is 35.8 Å². The van der Waals surface area contributed by atoms with Gasteiger partial charge in [-0.2, -0.15) is 5.06 Å². The molecule has 2 aromatic rings. The second-order valence-corrected chi connectivity index (χ2v) is 8.61. The lowest BCUT2D eigenvalue weighted by Crippen LogP contribution is -2.26. The van der Waals surface area contributed by atoms with E-state index in [1.165, 1.54) is 0 Å². The number of pyridine rings is 1. The molecule has 0 spiro atoms. The topological polar surface area (TPSA) is 81.1 Å². The molecule has 3 aliphatic rings. The van der Waals surface area contributed by atoms with Crippen LogP contribution in [0.15, 0.2) is 72.3 Å². The summed E-state index contributed by atoms with van der Waals surface area (Å²) in [6.07, 6.45) is 9.34. The minimum Gasteiger partial charge on any atom is -0.497 e. The number of aliphatic carboxylic acids is 1. The van der Waals surface area contributed by atoms with E-state index in [-0.39, 0.29) is 18.3 Å². The number of hydroxylamine groups is 1. The fourth-order valence-electron chi connectivity index (χ4n) is 4.81. The van der Waals surface area contributed by atoms with Crippen LogP contribution < -0.4 is 9.80 Å². The van der Waals surface area contributed by atoms with Crippen LogP contribution in [0.5, 0.6) is 5.75 Å². The Morgan fingerprint density at radius 1 is 1.26 bits per heavy atom. The first-order chi connectivity index (χ1) is 16.6. The number of allylic oxidation sites excluding steroid dienone is 3. The predicted octanol–water partition coefficient (Wildman–Crippen LogP) is 4.77. The molecule has 2 aliphatic carbocycles. The van der Waals surface area contributed by atoms with E-state index in [4.69, 9.17) is 14.3 Å². The van der Waals surface area contributed by atoms with Crippen molar-refractivity contribution in [1.82, 2.24) is 4.98 Å². The summed E-state index contributed by atoms with van der Waals surface area (Å²) in [5.41, 5.74) is 2.97. The smallest absolute Gasteiger partial charge is 0.307 e. The number of benzene rings is 1. The van der Waals surface area contributed by atoms with Crippen molar-refractivity contribution < 1.29 is 24.2 Å². The quantitative estimate of drug-likeness (QED) is 0.689. The van der Waals surface area contributed by atoms with Crippen LogP contribution in [0.25, 0.3) is 5.57 Å². The van der Waals surface area contributed by atoms with Crippen LogP contribution in [0.3, 0.4) is 0 Å². The number of aromatic nitrogens is 1. The third kappa shape index (κ3) is 4.64. The van der Waals surface area contributed by atoms with Gasteiger partial charge < -0.3 is 19.4 Å². The molecule has 0 amide bonds. The Morgan fingerprint density at radius 3 is 3.00 bits per heavy atom. The summed E-state index contributed by atoms with van der Waals surface area (Å²) >= 11 is 0. The third-order valence-electron chi connectivity index (χ3n) is 6.27. The van der Waals surface area contributed by atoms with Crippen molar-refractivity contribution in [2.45, 2.75) is 26.2 Å². The Morgan fingerprint density at radius 2 is 2.15 bits per heavy atom. The number of carboxylic acids is 1. The molecule has 0 saturated heterocycles. The van der Waals surface area contributed by atoms with Gasteiger partial charge in [0.05, 0.1) is 26.2 Å². The highest BCUT2D eigenvalue weighted by Gasteiger charge is 2.33. The molecule has 7 heteroatoms. The molecular formula is C27H28N2O5. The van der Waals surface area contributed by atoms with Gasteiger partial charge in [0.1, 0.15) is 11.5 Å². The third-order valence-corrected chi connectivity index (χ3v) is 6.27. The normalized spacial score (nSPS) is 21.4. The molecule has 0 radical (unpaired) electrons. The van der Waals surface area contributed by atoms with Gasteiger partial charge in [-0.25, -0.2) is 4.98 Å². The first kappa shape index (κ1) is 22.1. The van der Waals surface area contributed by atoms with E-state index in [1.54, 1.807) is 11.3 Å². The lowest BCUT2D eigenvalue weighted by atomic mass is 9.83. The van der Waals surface area contributed by atoms with Crippen LogP contribution in [0.4, 0.5) is 5.82 Å². The molecule has 176 valence electrons. The molecule has 7 nitrogen and oxygen atoms in total. The van der Waals surface area contributed by atoms with E-state index >= 15 is 0 Å². The van der Waals surface area contributed by atoms with Gasteiger partial charge >= 0.3 is 5.97 Å². The maximum atomic E-state index is 11.6. The Labute approximate surface area is 198 Å². The fourth-order valence-corrected chi connectivity index (χ4v) is 4.81. The number of ether oxygens (including phenoxy) is 2. The van der Waals surface area contributed by atoms with E-state index < -0.39 is 5.97 Å². The molecule has 2 unspecified atom stereocenters. The molecule has 2 heterocycles. The van der Waals surface area contributed by atoms with Gasteiger partial charge in [0.2, 0.25) is 0 Å². The van der Waals surface area contributed by atoms with Crippen molar-refractivity contribution in [3.8, 4) is 5.75 Å². The van der Waals surface area contributed by atoms with Crippen molar-refractivity contribution in [3.63, 3.8) is 0 Å². The van der Waals surface area contributed by atoms with Crippen molar-refractivity contribution in [1.29, 1.82) is 0 Å². The highest BCUT2D eigenvalue weighted by Crippen LogP contribution is 2.41. The fraction of sp³-hybridized carbons (Fsp3) is 0.333. The molecule has 2 bridgehead atoms. The molecule has 1 aliphatic heterocycles. The molecular weight excluding hydrogens is 432 g/mol. The van der Waals surface area contributed by atoms with Gasteiger partial charge in [0.25, 0.3) is 0 Å². The summed E-state index contributed by atoms with van der Waals surface area (Å²) in [6.45, 7) is 3.67. The van der Waals surface area contributed by atoms with Crippen molar-refractivity contribution in [2.75, 3.05) is 24.8 Å². The lowest BCUT2D eigenvalue weighted by molar-refractivity contribution is -0.135. The number of fused-ring (bicyclic) bond motifs is 4. The van der Waals surface area contributed by atoms with E-state index in [0.717, 1.165) is 41.1 Å². The zero-order valence-corrected chi connectivity index (χ0v) is 19.1. The number of hydrogen-bond acceptors (Lipinski definition) is 6. The summed E-state index contributed by atoms with van der Waals surface area (Å²) in [5, 5.41) is 11.3. The number of nitrogens with zero attached hydrogens (tertiary/aromatic N) is 2. The van der Waals surface area contributed by atoms with Crippen LogP contribution >= 0.6 is 0 Å². The first-order valence-corrected chi connectivity index (χ1v) is 11.7. The summed E-state index contributed by atoms with van der Waals surface area (Å²) in [4.78, 5) is 22.4. The molecule has 1 aromatic heterocycles. The molecule has 5 rings (SSSR count). The molecule has 1 aromatic carbocycles. The molecule has 2 atom stereocenters. The number of carbonyl (C=O) groups is 1. The summed E-state index contributed by atoms with van der Waals surface area (Å²) < 4.78 is 11.9. The monoisotopic (exact) mass is 460 g/mol. The van der Waals surface area contributed by atoms with Crippen LogP contribution in [0.1, 0.15) is 30.9 Å². The average molecular weight is 461 g/mol. The minimum absolute atomic E-state index is 0.0177. The second-order valence-electron chi connectivity index (χ2n) is 8.61. The van der Waals surface area contributed by atoms with Gasteiger partial charge in [-0.05, 0) is 48.1 Å². The Bertz CT molecular complexity index is 1170. The summed E-state index contributed by atoms with van der Waals surface area (Å²) in [5.74, 6) is 2.16. The largest absolute Gasteiger partial charge is 0.497 e. The number of anilines is 1. The number of rotatable bonds is 5. The van der Waals surface area contributed by atoms with Crippen LogP contribution in [0, 0.1) is 11.8 Å². The molecule has 34 heavy (non-hydrogen) atoms.